The molecule has 628 valence electrons. The smallest absolute Gasteiger partial charge is 0.326 e. The number of alkyl halides is 4. The molecule has 5 atom stereocenters. The number of carboxylic acid groups (broad SMARTS) is 5. The maximum Gasteiger partial charge on any atom is 0.326 e. The van der Waals surface area contributed by atoms with E-state index in [1.165, 1.54) is 48.6 Å². The van der Waals surface area contributed by atoms with E-state index in [0.29, 0.717) is 71.8 Å². The lowest BCUT2D eigenvalue weighted by Crippen LogP contribution is -2.59. The zero-order valence-corrected chi connectivity index (χ0v) is 63.6. The van der Waals surface area contributed by atoms with Crippen LogP contribution in [-0.2, 0) is 57.5 Å². The van der Waals surface area contributed by atoms with Gasteiger partial charge in [-0.15, -0.1) is 0 Å². The van der Waals surface area contributed by atoms with Gasteiger partial charge in [-0.05, 0) is 113 Å². The topological polar surface area (TPSA) is 513 Å². The molecule has 4 aromatic rings. The van der Waals surface area contributed by atoms with Gasteiger partial charge in [0.05, 0.1) is 87.3 Å². The first-order valence-corrected chi connectivity index (χ1v) is 37.5. The SMILES string of the molecule is [C-]#[N+][C@@H]1CC(F)(F)CN1C(=O)CNC(=O)c1ccnc2ccc(OCCCCNC(=O)CC[C@@H](NC(=O)[C@H](CCC(=O)N[C@H](CCC(=O)NCCCCOc3ccc4nccc(C(=O)NCC(=O)N5CC(F)(F)C[C@H]5C#N)c4c3)C(=O)O)NC(=O)CCCCCC3(N(C)CC(=O)O)CN(CC(=O)O)CCN(CC(=O)O)C3)C(=O)O)cc12. The van der Waals surface area contributed by atoms with E-state index in [2.05, 4.69) is 52.0 Å². The maximum atomic E-state index is 14.1. The zero-order chi connectivity index (χ0) is 84.9. The van der Waals surface area contributed by atoms with Crippen molar-refractivity contribution in [3.63, 3.8) is 0 Å². The van der Waals surface area contributed by atoms with E-state index in [-0.39, 0.29) is 89.3 Å². The number of nitriles is 1. The van der Waals surface area contributed by atoms with Gasteiger partial charge >= 0.3 is 36.0 Å². The Kier molecular flexibility index (Phi) is 34.2. The third-order valence-electron chi connectivity index (χ3n) is 19.6. The highest BCUT2D eigenvalue weighted by Crippen LogP contribution is 2.35. The van der Waals surface area contributed by atoms with E-state index in [4.69, 9.17) is 16.0 Å². The molecule has 0 unspecified atom stereocenters. The number of carbonyl (C=O) groups is 14. The minimum absolute atomic E-state index is 0.0557. The summed E-state index contributed by atoms with van der Waals surface area (Å²) < 4.78 is 67.6. The third-order valence-corrected chi connectivity index (χ3v) is 19.6. The predicted molar refractivity (Wildman–Crippen MR) is 399 cm³/mol. The van der Waals surface area contributed by atoms with Crippen molar-refractivity contribution < 1.29 is 120 Å². The minimum atomic E-state index is -3.24. The Morgan fingerprint density at radius 3 is 1.53 bits per heavy atom. The molecule has 5 heterocycles. The number of unbranched alkanes of at least 4 members (excludes halogenated alkanes) is 4. The fraction of sp³-hybridized carbons (Fsp3) is 0.547. The van der Waals surface area contributed by atoms with Crippen LogP contribution in [0.4, 0.5) is 17.6 Å². The fourth-order valence-electron chi connectivity index (χ4n) is 13.6. The molecule has 2 aromatic carbocycles. The number of likely N-dealkylation sites (N-methyl/N-ethyl adjacent to an activating group) is 1. The number of hydrogen-bond donors (Lipinski definition) is 12. The molecule has 3 saturated heterocycles. The molecule has 37 nitrogen and oxygen atoms in total. The van der Waals surface area contributed by atoms with Crippen molar-refractivity contribution in [1.29, 1.82) is 5.26 Å². The molecule has 116 heavy (non-hydrogen) atoms. The number of carbonyl (C=O) groups excluding carboxylic acids is 9. The molecule has 2 aromatic heterocycles. The molecule has 12 N–H and O–H groups in total. The molecular formula is C75H94F4N16O21. The van der Waals surface area contributed by atoms with Gasteiger partial charge in [-0.1, -0.05) is 12.8 Å². The number of ether oxygens (including phenoxy) is 2. The van der Waals surface area contributed by atoms with Crippen LogP contribution < -0.4 is 46.7 Å². The predicted octanol–water partition coefficient (Wildman–Crippen LogP) is 1.82. The Balaban J connectivity index is 0.891. The maximum absolute atomic E-state index is 14.1. The monoisotopic (exact) mass is 1630 g/mol. The quantitative estimate of drug-likeness (QED) is 0.0170. The van der Waals surface area contributed by atoms with E-state index in [1.807, 2.05) is 0 Å². The van der Waals surface area contributed by atoms with Gasteiger partial charge in [0.1, 0.15) is 42.1 Å². The number of nitrogens with one attached hydrogen (secondary N) is 7. The van der Waals surface area contributed by atoms with E-state index in [0.717, 1.165) is 9.80 Å². The van der Waals surface area contributed by atoms with Gasteiger partial charge in [0.25, 0.3) is 23.7 Å². The number of aliphatic carboxylic acids is 5. The van der Waals surface area contributed by atoms with Gasteiger partial charge in [0, 0.05) is 100 Å². The summed E-state index contributed by atoms with van der Waals surface area (Å²) >= 11 is 0. The van der Waals surface area contributed by atoms with Gasteiger partial charge in [-0.25, -0.2) is 33.7 Å². The van der Waals surface area contributed by atoms with E-state index >= 15 is 0 Å². The number of nitrogens with zero attached hydrogens (tertiary/aromatic N) is 9. The molecule has 7 rings (SSSR count). The number of amides is 9. The van der Waals surface area contributed by atoms with Gasteiger partial charge in [-0.3, -0.25) is 91.9 Å². The van der Waals surface area contributed by atoms with Crippen LogP contribution in [0, 0.1) is 17.9 Å². The average Bonchev–Trinajstić information content (AvgIpc) is 1.64. The normalized spacial score (nSPS) is 17.1. The summed E-state index contributed by atoms with van der Waals surface area (Å²) in [5.74, 6) is -19.6. The Labute approximate surface area is 662 Å². The van der Waals surface area contributed by atoms with Crippen LogP contribution in [0.3, 0.4) is 0 Å². The number of likely N-dealkylation sites (tertiary alicyclic amines) is 2. The van der Waals surface area contributed by atoms with Crippen molar-refractivity contribution >= 4 is 105 Å². The number of aromatic nitrogens is 2. The molecule has 3 aliphatic heterocycles. The van der Waals surface area contributed by atoms with E-state index < -0.39 is 221 Å². The molecule has 0 radical (unpaired) electrons. The molecule has 41 heteroatoms. The second-order valence-electron chi connectivity index (χ2n) is 28.5. The van der Waals surface area contributed by atoms with Crippen molar-refractivity contribution in [3.8, 4) is 17.6 Å². The van der Waals surface area contributed by atoms with Gasteiger partial charge in [-0.2, -0.15) is 5.26 Å². The van der Waals surface area contributed by atoms with Crippen molar-refractivity contribution in [2.75, 3.05) is 105 Å². The first-order chi connectivity index (χ1) is 55.1. The highest BCUT2D eigenvalue weighted by molar-refractivity contribution is 6.08. The second kappa shape index (κ2) is 43.5. The molecule has 3 aliphatic rings. The van der Waals surface area contributed by atoms with E-state index in [9.17, 15) is 115 Å². The number of pyridine rings is 2. The van der Waals surface area contributed by atoms with Crippen molar-refractivity contribution in [2.45, 2.75) is 157 Å². The second-order valence-corrected chi connectivity index (χ2v) is 28.5. The highest BCUT2D eigenvalue weighted by Gasteiger charge is 2.51. The minimum Gasteiger partial charge on any atom is -0.494 e. The number of carboxylic acids is 5. The van der Waals surface area contributed by atoms with Crippen LogP contribution in [0.25, 0.3) is 26.7 Å². The molecule has 0 spiro atoms. The zero-order valence-electron chi connectivity index (χ0n) is 63.6. The van der Waals surface area contributed by atoms with Gasteiger partial charge in [0.2, 0.25) is 41.4 Å². The number of halogens is 4. The lowest BCUT2D eigenvalue weighted by molar-refractivity contribution is -0.143. The molecular weight excluding hydrogens is 1540 g/mol. The summed E-state index contributed by atoms with van der Waals surface area (Å²) in [6.07, 6.45) is -0.935. The summed E-state index contributed by atoms with van der Waals surface area (Å²) in [6.45, 7) is 3.59. The average molecular weight is 1630 g/mol. The number of fused-ring (bicyclic) bond motifs is 2. The number of benzene rings is 2. The Morgan fingerprint density at radius 2 is 1.03 bits per heavy atom. The molecule has 3 fully saturated rings. The standard InChI is InChI=1S/C75H94F4N16O21/c1-81-58-35-75(78,79)45-95(58)64(101)38-87-69(109)50-22-27-83-54-14-12-48(33-52(50)54)116-31-9-7-25-85-60(97)19-17-57(72(113)114)90-70(110)55(88-61(98)10-4-3-5-23-73(91(2)39-65(102)103)42-92(40-66(104)105)28-29-93(43-73)41-67(106)107)15-20-62(99)89-56(71(111)112)16-18-59(96)84-24-6-8-30-115-47-11-13-53-51(32-47)49(21-26-82-53)68(108)86-37-63(100)94-44-74(76,77)34-46(94)36-80/h11-14,21-22,26-27,32-33,46,55-58H,3-10,15-20,23-25,28-31,34-35,37-45H2,2H3,(H,84,96)(H,85,97)(H,86,108)(H,87,109)(H,88,98)(H,89,99)(H,90,110)(H,102,103)(H,104,105)(H,106,107)(H,111,112)(H,113,114)/t46-,55-,56+,57+,58-/m0/s1. The summed E-state index contributed by atoms with van der Waals surface area (Å²) in [6, 6.07) is 7.52. The lowest BCUT2D eigenvalue weighted by Gasteiger charge is -2.44. The van der Waals surface area contributed by atoms with Crippen molar-refractivity contribution in [1.82, 2.24) is 71.7 Å². The summed E-state index contributed by atoms with van der Waals surface area (Å²) in [5, 5.41) is 76.7. The summed E-state index contributed by atoms with van der Waals surface area (Å²) in [7, 11) is 1.53. The molecule has 0 bridgehead atoms. The third kappa shape index (κ3) is 28.5. The van der Waals surface area contributed by atoms with Gasteiger partial charge in [0.15, 0.2) is 0 Å². The fourth-order valence-corrected chi connectivity index (χ4v) is 13.6. The molecule has 0 aliphatic carbocycles. The molecule has 0 saturated carbocycles. The van der Waals surface area contributed by atoms with Crippen LogP contribution in [-0.4, -0.2) is 296 Å². The number of hydrogen-bond acceptors (Lipinski definition) is 22. The number of rotatable bonds is 46. The largest absolute Gasteiger partial charge is 0.494 e. The van der Waals surface area contributed by atoms with Gasteiger partial charge < -0.3 is 77.1 Å². The van der Waals surface area contributed by atoms with Crippen molar-refractivity contribution in [2.24, 2.45) is 0 Å². The Bertz CT molecular complexity index is 4310. The van der Waals surface area contributed by atoms with Crippen molar-refractivity contribution in [3.05, 3.63) is 83.5 Å². The Hall–Kier alpha value is -12.0. The summed E-state index contributed by atoms with van der Waals surface area (Å²) in [5.41, 5.74) is -0.109. The van der Waals surface area contributed by atoms with Crippen LogP contribution in [0.2, 0.25) is 0 Å². The van der Waals surface area contributed by atoms with Crippen LogP contribution in [0.5, 0.6) is 11.5 Å². The Morgan fingerprint density at radius 1 is 0.569 bits per heavy atom. The first-order valence-electron chi connectivity index (χ1n) is 37.5. The van der Waals surface area contributed by atoms with Crippen LogP contribution >= 0.6 is 0 Å². The van der Waals surface area contributed by atoms with Crippen LogP contribution in [0.15, 0.2) is 60.9 Å². The van der Waals surface area contributed by atoms with Crippen LogP contribution in [0.1, 0.15) is 130 Å². The first kappa shape index (κ1) is 91.2. The highest BCUT2D eigenvalue weighted by atomic mass is 19.3. The van der Waals surface area contributed by atoms with E-state index in [1.54, 1.807) is 40.1 Å². The lowest BCUT2D eigenvalue weighted by atomic mass is 9.88. The molecule has 9 amide bonds. The summed E-state index contributed by atoms with van der Waals surface area (Å²) in [4.78, 5) is 198.